The maximum absolute atomic E-state index is 10.8. The summed E-state index contributed by atoms with van der Waals surface area (Å²) in [6.45, 7) is 2.48. The Morgan fingerprint density at radius 1 is 1.53 bits per heavy atom. The lowest BCUT2D eigenvalue weighted by atomic mass is 9.82. The van der Waals surface area contributed by atoms with E-state index in [1.807, 2.05) is 18.2 Å². The number of rotatable bonds is 4. The first-order valence-electron chi connectivity index (χ1n) is 6.32. The van der Waals surface area contributed by atoms with Crippen LogP contribution in [0.4, 0.5) is 0 Å². The van der Waals surface area contributed by atoms with E-state index in [0.29, 0.717) is 18.9 Å². The molecule has 2 aromatic rings. The van der Waals surface area contributed by atoms with Gasteiger partial charge in [-0.1, -0.05) is 6.07 Å². The van der Waals surface area contributed by atoms with Gasteiger partial charge in [0.1, 0.15) is 5.52 Å². The lowest BCUT2D eigenvalue weighted by Crippen LogP contribution is -2.41. The highest BCUT2D eigenvalue weighted by Crippen LogP contribution is 2.42. The van der Waals surface area contributed by atoms with Gasteiger partial charge in [-0.3, -0.25) is 4.79 Å². The van der Waals surface area contributed by atoms with Crippen LogP contribution < -0.4 is 0 Å². The molecule has 1 aliphatic rings. The van der Waals surface area contributed by atoms with Crippen LogP contribution in [0.2, 0.25) is 0 Å². The van der Waals surface area contributed by atoms with Crippen LogP contribution in [0, 0.1) is 6.92 Å². The zero-order valence-corrected chi connectivity index (χ0v) is 10.7. The molecular weight excluding hydrogens is 246 g/mol. The molecule has 0 saturated carbocycles. The summed E-state index contributed by atoms with van der Waals surface area (Å²) >= 11 is 0. The summed E-state index contributed by atoms with van der Waals surface area (Å²) < 4.78 is 11.1. The van der Waals surface area contributed by atoms with Crippen LogP contribution in [0.25, 0.3) is 11.1 Å². The molecule has 0 amide bonds. The number of aliphatic carboxylic acids is 1. The second-order valence-electron chi connectivity index (χ2n) is 4.90. The Bertz CT molecular complexity index is 627. The molecule has 1 unspecified atom stereocenters. The zero-order valence-electron chi connectivity index (χ0n) is 10.7. The van der Waals surface area contributed by atoms with Gasteiger partial charge < -0.3 is 14.3 Å². The molecule has 0 radical (unpaired) electrons. The quantitative estimate of drug-likeness (QED) is 0.915. The number of ether oxygens (including phenoxy) is 1. The summed E-state index contributed by atoms with van der Waals surface area (Å²) in [6.07, 6.45) is 1.45. The van der Waals surface area contributed by atoms with Gasteiger partial charge >= 0.3 is 5.97 Å². The highest BCUT2D eigenvalue weighted by atomic mass is 16.5. The molecule has 3 rings (SSSR count). The van der Waals surface area contributed by atoms with Gasteiger partial charge in [0.25, 0.3) is 0 Å². The maximum atomic E-state index is 10.8. The Kier molecular flexibility index (Phi) is 2.78. The fourth-order valence-electron chi connectivity index (χ4n) is 2.55. The Balaban J connectivity index is 1.94. The number of oxazole rings is 1. The van der Waals surface area contributed by atoms with Gasteiger partial charge in [-0.25, -0.2) is 4.98 Å². The summed E-state index contributed by atoms with van der Waals surface area (Å²) in [5.41, 5.74) is 2.06. The molecule has 0 bridgehead atoms. The van der Waals surface area contributed by atoms with Crippen LogP contribution >= 0.6 is 0 Å². The number of hydrogen-bond donors (Lipinski definition) is 1. The minimum absolute atomic E-state index is 0.107. The zero-order chi connectivity index (χ0) is 13.5. The molecule has 0 spiro atoms. The number of carbonyl (C=O) groups is 1. The monoisotopic (exact) mass is 261 g/mol. The highest BCUT2D eigenvalue weighted by Gasteiger charge is 2.40. The average molecular weight is 261 g/mol. The van der Waals surface area contributed by atoms with Crippen molar-refractivity contribution < 1.29 is 19.1 Å². The van der Waals surface area contributed by atoms with E-state index >= 15 is 0 Å². The second-order valence-corrected chi connectivity index (χ2v) is 4.90. The summed E-state index contributed by atoms with van der Waals surface area (Å²) in [6, 6.07) is 5.75. The summed E-state index contributed by atoms with van der Waals surface area (Å²) in [7, 11) is 0. The number of fused-ring (bicyclic) bond motifs is 1. The molecule has 2 heterocycles. The van der Waals surface area contributed by atoms with Crippen molar-refractivity contribution in [1.29, 1.82) is 0 Å². The smallest absolute Gasteiger partial charge is 0.303 e. The van der Waals surface area contributed by atoms with E-state index in [9.17, 15) is 4.79 Å². The third-order valence-corrected chi connectivity index (χ3v) is 3.65. The summed E-state index contributed by atoms with van der Waals surface area (Å²) in [5, 5.41) is 8.84. The van der Waals surface area contributed by atoms with Crippen LogP contribution in [0.1, 0.15) is 30.7 Å². The van der Waals surface area contributed by atoms with Gasteiger partial charge in [0.2, 0.25) is 0 Å². The molecule has 5 heteroatoms. The summed E-state index contributed by atoms with van der Waals surface area (Å²) in [5.74, 6) is -0.172. The van der Waals surface area contributed by atoms with Crippen LogP contribution in [0.3, 0.4) is 0 Å². The molecule has 0 aliphatic carbocycles. The Hall–Kier alpha value is -1.88. The molecule has 1 aromatic heterocycles. The van der Waals surface area contributed by atoms with Crippen LogP contribution in [-0.4, -0.2) is 22.7 Å². The molecular formula is C14H15NO4. The summed E-state index contributed by atoms with van der Waals surface area (Å²) in [4.78, 5) is 15.1. The number of benzene rings is 1. The van der Waals surface area contributed by atoms with Crippen molar-refractivity contribution in [2.24, 2.45) is 0 Å². The minimum atomic E-state index is -0.798. The van der Waals surface area contributed by atoms with Crippen LogP contribution in [-0.2, 0) is 15.1 Å². The van der Waals surface area contributed by atoms with Crippen LogP contribution in [0.5, 0.6) is 0 Å². The number of nitrogens with zero attached hydrogens (tertiary/aromatic N) is 1. The first-order chi connectivity index (χ1) is 9.09. The average Bonchev–Trinajstić information content (AvgIpc) is 2.66. The first kappa shape index (κ1) is 12.2. The molecule has 100 valence electrons. The number of carboxylic acid groups (broad SMARTS) is 1. The molecule has 1 fully saturated rings. The van der Waals surface area contributed by atoms with Gasteiger partial charge in [0, 0.05) is 19.8 Å². The van der Waals surface area contributed by atoms with Gasteiger partial charge in [-0.05, 0) is 24.1 Å². The maximum Gasteiger partial charge on any atom is 0.303 e. The van der Waals surface area contributed by atoms with Gasteiger partial charge in [-0.2, -0.15) is 0 Å². The van der Waals surface area contributed by atoms with Gasteiger partial charge in [0.05, 0.1) is 12.2 Å². The van der Waals surface area contributed by atoms with E-state index in [-0.39, 0.29) is 6.42 Å². The molecule has 1 saturated heterocycles. The highest BCUT2D eigenvalue weighted by molar-refractivity contribution is 5.74. The van der Waals surface area contributed by atoms with E-state index in [1.54, 1.807) is 6.92 Å². The lowest BCUT2D eigenvalue weighted by Gasteiger charge is -2.42. The van der Waals surface area contributed by atoms with Crippen molar-refractivity contribution in [2.75, 3.05) is 6.61 Å². The Labute approximate surface area is 110 Å². The Morgan fingerprint density at radius 3 is 2.95 bits per heavy atom. The molecule has 5 nitrogen and oxygen atoms in total. The number of aromatic nitrogens is 1. The van der Waals surface area contributed by atoms with Crippen molar-refractivity contribution in [2.45, 2.75) is 31.8 Å². The number of carboxylic acids is 1. The molecule has 1 aromatic carbocycles. The molecule has 1 aliphatic heterocycles. The van der Waals surface area contributed by atoms with Crippen LogP contribution in [0.15, 0.2) is 22.6 Å². The normalized spacial score (nSPS) is 22.4. The topological polar surface area (TPSA) is 72.6 Å². The van der Waals surface area contributed by atoms with E-state index < -0.39 is 11.6 Å². The largest absolute Gasteiger partial charge is 0.481 e. The lowest BCUT2D eigenvalue weighted by molar-refractivity contribution is -0.165. The third kappa shape index (κ3) is 2.10. The SMILES string of the molecule is Cc1nc2cc(C3(CCC(=O)O)CCO3)ccc2o1. The van der Waals surface area contributed by atoms with Crippen molar-refractivity contribution in [3.63, 3.8) is 0 Å². The standard InChI is InChI=1S/C14H15NO4/c1-9-15-11-8-10(2-3-12(11)19-9)14(6-7-18-14)5-4-13(16)17/h2-3,8H,4-7H2,1H3,(H,16,17). The fraction of sp³-hybridized carbons (Fsp3) is 0.429. The molecule has 1 atom stereocenters. The van der Waals surface area contributed by atoms with E-state index in [1.165, 1.54) is 0 Å². The molecule has 1 N–H and O–H groups in total. The van der Waals surface area contributed by atoms with E-state index in [4.69, 9.17) is 14.3 Å². The van der Waals surface area contributed by atoms with E-state index in [2.05, 4.69) is 4.98 Å². The second kappa shape index (κ2) is 4.35. The van der Waals surface area contributed by atoms with Gasteiger partial charge in [0.15, 0.2) is 11.5 Å². The molecule has 19 heavy (non-hydrogen) atoms. The van der Waals surface area contributed by atoms with Gasteiger partial charge in [-0.15, -0.1) is 0 Å². The third-order valence-electron chi connectivity index (χ3n) is 3.65. The fourth-order valence-corrected chi connectivity index (χ4v) is 2.55. The number of aryl methyl sites for hydroxylation is 1. The van der Waals surface area contributed by atoms with Crippen molar-refractivity contribution >= 4 is 17.1 Å². The predicted octanol–water partition coefficient (Wildman–Crippen LogP) is 2.62. The Morgan fingerprint density at radius 2 is 2.32 bits per heavy atom. The minimum Gasteiger partial charge on any atom is -0.481 e. The predicted molar refractivity (Wildman–Crippen MR) is 67.9 cm³/mol. The van der Waals surface area contributed by atoms with Crippen molar-refractivity contribution in [3.05, 3.63) is 29.7 Å². The first-order valence-corrected chi connectivity index (χ1v) is 6.32. The van der Waals surface area contributed by atoms with Crippen molar-refractivity contribution in [3.8, 4) is 0 Å². The van der Waals surface area contributed by atoms with E-state index in [0.717, 1.165) is 23.1 Å². The number of hydrogen-bond acceptors (Lipinski definition) is 4. The van der Waals surface area contributed by atoms with Crippen molar-refractivity contribution in [1.82, 2.24) is 4.98 Å².